The van der Waals surface area contributed by atoms with Crippen molar-refractivity contribution < 1.29 is 19.1 Å². The van der Waals surface area contributed by atoms with Crippen molar-refractivity contribution in [3.05, 3.63) is 34.0 Å². The summed E-state index contributed by atoms with van der Waals surface area (Å²) in [6.07, 6.45) is 2.22. The number of fused-ring (bicyclic) bond motifs is 1. The Kier molecular flexibility index (Phi) is 4.58. The van der Waals surface area contributed by atoms with Crippen LogP contribution in [0.3, 0.4) is 0 Å². The number of ether oxygens (including phenoxy) is 1. The molecule has 2 aromatic rings. The molecule has 0 aliphatic carbocycles. The van der Waals surface area contributed by atoms with Crippen LogP contribution in [0.5, 0.6) is 0 Å². The maximum absolute atomic E-state index is 12.4. The van der Waals surface area contributed by atoms with Crippen molar-refractivity contribution >= 4 is 34.1 Å². The number of methoxy groups -OCH3 is 1. The van der Waals surface area contributed by atoms with Crippen LogP contribution in [0.15, 0.2) is 12.3 Å². The van der Waals surface area contributed by atoms with Gasteiger partial charge in [0.05, 0.1) is 19.2 Å². The van der Waals surface area contributed by atoms with Gasteiger partial charge in [0.1, 0.15) is 5.00 Å². The lowest BCUT2D eigenvalue weighted by Crippen LogP contribution is -2.33. The van der Waals surface area contributed by atoms with Crippen LogP contribution in [0, 0.1) is 0 Å². The average molecular weight is 362 g/mol. The lowest BCUT2D eigenvalue weighted by molar-refractivity contribution is -0.129. The third-order valence-corrected chi connectivity index (χ3v) is 5.20. The van der Waals surface area contributed by atoms with Crippen molar-refractivity contribution in [2.45, 2.75) is 19.9 Å². The van der Waals surface area contributed by atoms with Gasteiger partial charge in [-0.05, 0) is 18.1 Å². The second-order valence-corrected chi connectivity index (χ2v) is 6.82. The molecule has 0 atom stereocenters. The summed E-state index contributed by atoms with van der Waals surface area (Å²) in [5, 5.41) is 7.24. The molecule has 0 saturated carbocycles. The Bertz CT molecular complexity index is 854. The molecule has 0 bridgehead atoms. The van der Waals surface area contributed by atoms with Crippen LogP contribution in [0.4, 0.5) is 5.00 Å². The number of esters is 1. The molecule has 3 heterocycles. The molecule has 1 N–H and O–H groups in total. The first-order chi connectivity index (χ1) is 11.9. The Hall–Kier alpha value is -2.68. The third kappa shape index (κ3) is 3.27. The summed E-state index contributed by atoms with van der Waals surface area (Å²) in [6.45, 7) is 2.49. The number of carbonyl (C=O) groups excluding carboxylic acids is 3. The van der Waals surface area contributed by atoms with Crippen LogP contribution in [-0.4, -0.2) is 46.1 Å². The van der Waals surface area contributed by atoms with Crippen LogP contribution in [-0.2, 0) is 29.5 Å². The molecule has 2 amide bonds. The highest BCUT2D eigenvalue weighted by atomic mass is 32.1. The van der Waals surface area contributed by atoms with E-state index in [0.29, 0.717) is 30.1 Å². The Balaban J connectivity index is 1.94. The molecule has 8 nitrogen and oxygen atoms in total. The number of hydrogen-bond acceptors (Lipinski definition) is 6. The smallest absolute Gasteiger partial charge is 0.341 e. The maximum Gasteiger partial charge on any atom is 0.341 e. The molecule has 0 saturated heterocycles. The van der Waals surface area contributed by atoms with Gasteiger partial charge < -0.3 is 15.0 Å². The Labute approximate surface area is 148 Å². The van der Waals surface area contributed by atoms with E-state index in [0.717, 1.165) is 10.4 Å². The summed E-state index contributed by atoms with van der Waals surface area (Å²) >= 11 is 1.30. The second kappa shape index (κ2) is 6.67. The van der Waals surface area contributed by atoms with E-state index in [4.69, 9.17) is 4.74 Å². The van der Waals surface area contributed by atoms with Crippen molar-refractivity contribution in [2.24, 2.45) is 7.05 Å². The summed E-state index contributed by atoms with van der Waals surface area (Å²) in [4.78, 5) is 38.8. The predicted octanol–water partition coefficient (Wildman–Crippen LogP) is 1.43. The Morgan fingerprint density at radius 3 is 2.72 bits per heavy atom. The molecule has 0 fully saturated rings. The van der Waals surface area contributed by atoms with Crippen LogP contribution in [0.25, 0.3) is 0 Å². The van der Waals surface area contributed by atoms with Crippen LogP contribution in [0.1, 0.15) is 38.2 Å². The number of amides is 2. The van der Waals surface area contributed by atoms with Crippen molar-refractivity contribution in [3.63, 3.8) is 0 Å². The SMILES string of the molecule is COC(=O)c1c(NC(=O)c2ccn(C)n2)sc2c1CCN(C(C)=O)C2. The Morgan fingerprint density at radius 1 is 1.36 bits per heavy atom. The molecule has 132 valence electrons. The van der Waals surface area contributed by atoms with Gasteiger partial charge in [-0.2, -0.15) is 5.10 Å². The molecule has 9 heteroatoms. The van der Waals surface area contributed by atoms with Gasteiger partial charge in [-0.1, -0.05) is 0 Å². The van der Waals surface area contributed by atoms with Gasteiger partial charge in [0, 0.05) is 31.6 Å². The molecule has 0 aromatic carbocycles. The molecule has 0 spiro atoms. The first-order valence-corrected chi connectivity index (χ1v) is 8.51. The molecule has 1 aliphatic rings. The molecular formula is C16H18N4O4S. The number of thiophene rings is 1. The monoisotopic (exact) mass is 362 g/mol. The minimum absolute atomic E-state index is 0.0160. The first-order valence-electron chi connectivity index (χ1n) is 7.70. The van der Waals surface area contributed by atoms with E-state index in [1.165, 1.54) is 30.1 Å². The number of aromatic nitrogens is 2. The summed E-state index contributed by atoms with van der Waals surface area (Å²) in [7, 11) is 3.03. The van der Waals surface area contributed by atoms with Gasteiger partial charge in [-0.3, -0.25) is 14.3 Å². The lowest BCUT2D eigenvalue weighted by Gasteiger charge is -2.25. The fourth-order valence-electron chi connectivity index (χ4n) is 2.78. The molecule has 0 unspecified atom stereocenters. The highest BCUT2D eigenvalue weighted by Gasteiger charge is 2.30. The lowest BCUT2D eigenvalue weighted by atomic mass is 10.0. The van der Waals surface area contributed by atoms with Crippen molar-refractivity contribution in [1.29, 1.82) is 0 Å². The standard InChI is InChI=1S/C16H18N4O4S/c1-9(21)20-7-4-10-12(8-20)25-15(13(10)16(23)24-3)17-14(22)11-5-6-19(2)18-11/h5-6H,4,7-8H2,1-3H3,(H,17,22). The van der Waals surface area contributed by atoms with E-state index < -0.39 is 11.9 Å². The van der Waals surface area contributed by atoms with Crippen molar-refractivity contribution in [2.75, 3.05) is 19.0 Å². The van der Waals surface area contributed by atoms with E-state index >= 15 is 0 Å². The number of aryl methyl sites for hydroxylation is 1. The number of anilines is 1. The Morgan fingerprint density at radius 2 is 2.12 bits per heavy atom. The van der Waals surface area contributed by atoms with E-state index in [2.05, 4.69) is 10.4 Å². The summed E-state index contributed by atoms with van der Waals surface area (Å²) in [5.74, 6) is -0.907. The summed E-state index contributed by atoms with van der Waals surface area (Å²) < 4.78 is 6.41. The molecule has 3 rings (SSSR count). The zero-order valence-electron chi connectivity index (χ0n) is 14.2. The van der Waals surface area contributed by atoms with Crippen molar-refractivity contribution in [1.82, 2.24) is 14.7 Å². The van der Waals surface area contributed by atoms with Crippen LogP contribution >= 0.6 is 11.3 Å². The van der Waals surface area contributed by atoms with Gasteiger partial charge >= 0.3 is 5.97 Å². The van der Waals surface area contributed by atoms with Gasteiger partial charge in [-0.15, -0.1) is 11.3 Å². The van der Waals surface area contributed by atoms with Gasteiger partial charge in [0.15, 0.2) is 5.69 Å². The summed E-state index contributed by atoms with van der Waals surface area (Å²) in [6, 6.07) is 1.60. The molecule has 2 aromatic heterocycles. The van der Waals surface area contributed by atoms with E-state index in [9.17, 15) is 14.4 Å². The molecular weight excluding hydrogens is 344 g/mol. The fourth-order valence-corrected chi connectivity index (χ4v) is 4.03. The molecule has 25 heavy (non-hydrogen) atoms. The zero-order valence-corrected chi connectivity index (χ0v) is 15.0. The van der Waals surface area contributed by atoms with Gasteiger partial charge in [0.2, 0.25) is 5.91 Å². The molecule has 0 radical (unpaired) electrons. The number of rotatable bonds is 3. The fraction of sp³-hybridized carbons (Fsp3) is 0.375. The maximum atomic E-state index is 12.4. The van der Waals surface area contributed by atoms with E-state index in [-0.39, 0.29) is 11.6 Å². The normalized spacial score (nSPS) is 13.3. The van der Waals surface area contributed by atoms with Gasteiger partial charge in [-0.25, -0.2) is 4.79 Å². The largest absolute Gasteiger partial charge is 0.465 e. The second-order valence-electron chi connectivity index (χ2n) is 5.72. The number of nitrogens with zero attached hydrogens (tertiary/aromatic N) is 3. The van der Waals surface area contributed by atoms with Gasteiger partial charge in [0.25, 0.3) is 5.91 Å². The number of nitrogens with one attached hydrogen (secondary N) is 1. The minimum atomic E-state index is -0.495. The highest BCUT2D eigenvalue weighted by Crippen LogP contribution is 2.37. The first kappa shape index (κ1) is 17.2. The topological polar surface area (TPSA) is 93.5 Å². The van der Waals surface area contributed by atoms with Crippen molar-refractivity contribution in [3.8, 4) is 0 Å². The van der Waals surface area contributed by atoms with E-state index in [1.807, 2.05) is 0 Å². The van der Waals surface area contributed by atoms with Crippen LogP contribution in [0.2, 0.25) is 0 Å². The number of carbonyl (C=O) groups is 3. The van der Waals surface area contributed by atoms with E-state index in [1.54, 1.807) is 24.2 Å². The predicted molar refractivity (Wildman–Crippen MR) is 91.6 cm³/mol. The zero-order chi connectivity index (χ0) is 18.1. The highest BCUT2D eigenvalue weighted by molar-refractivity contribution is 7.17. The average Bonchev–Trinajstić information content (AvgIpc) is 3.16. The third-order valence-electron chi connectivity index (χ3n) is 4.07. The number of hydrogen-bond donors (Lipinski definition) is 1. The summed E-state index contributed by atoms with van der Waals surface area (Å²) in [5.41, 5.74) is 1.47. The molecule has 1 aliphatic heterocycles. The quantitative estimate of drug-likeness (QED) is 0.834. The minimum Gasteiger partial charge on any atom is -0.465 e. The van der Waals surface area contributed by atoms with Crippen LogP contribution < -0.4 is 5.32 Å².